The van der Waals surface area contributed by atoms with Crippen molar-refractivity contribution in [3.05, 3.63) is 0 Å². The van der Waals surface area contributed by atoms with Gasteiger partial charge in [-0.05, 0) is 7.05 Å². The Bertz CT molecular complexity index is 237. The van der Waals surface area contributed by atoms with Gasteiger partial charge in [-0.25, -0.2) is 0 Å². The molecule has 0 aromatic carbocycles. The molecule has 1 aliphatic heterocycles. The number of ether oxygens (including phenoxy) is 1. The van der Waals surface area contributed by atoms with Crippen LogP contribution in [0.5, 0.6) is 0 Å². The third-order valence-corrected chi connectivity index (χ3v) is 2.15. The monoisotopic (exact) mass is 197 g/mol. The number of carbonyl (C=O) groups excluding carboxylic acids is 1. The zero-order chi connectivity index (χ0) is 10.4. The Morgan fingerprint density at radius 3 is 3.21 bits per heavy atom. The van der Waals surface area contributed by atoms with Gasteiger partial charge < -0.3 is 15.0 Å². The molecule has 1 unspecified atom stereocenters. The molecule has 5 nitrogen and oxygen atoms in total. The van der Waals surface area contributed by atoms with Crippen LogP contribution in [0.3, 0.4) is 0 Å². The summed E-state index contributed by atoms with van der Waals surface area (Å²) in [7, 11) is 1.81. The number of rotatable bonds is 3. The number of hydrogen-bond acceptors (Lipinski definition) is 4. The summed E-state index contributed by atoms with van der Waals surface area (Å²) in [5.74, 6) is 0.0860. The van der Waals surface area contributed by atoms with Gasteiger partial charge in [-0.15, -0.1) is 0 Å². The van der Waals surface area contributed by atoms with E-state index in [1.54, 1.807) is 4.90 Å². The second kappa shape index (κ2) is 5.58. The van der Waals surface area contributed by atoms with Crippen molar-refractivity contribution in [2.45, 2.75) is 12.5 Å². The van der Waals surface area contributed by atoms with Gasteiger partial charge in [0, 0.05) is 19.5 Å². The molecule has 5 heteroatoms. The summed E-state index contributed by atoms with van der Waals surface area (Å²) in [5, 5.41) is 11.6. The van der Waals surface area contributed by atoms with Crippen molar-refractivity contribution < 1.29 is 9.53 Å². The van der Waals surface area contributed by atoms with Crippen LogP contribution in [-0.2, 0) is 9.53 Å². The molecule has 1 aliphatic rings. The van der Waals surface area contributed by atoms with Gasteiger partial charge >= 0.3 is 0 Å². The third kappa shape index (κ3) is 2.98. The Kier molecular flexibility index (Phi) is 4.36. The Hall–Kier alpha value is -1.12. The molecule has 1 heterocycles. The van der Waals surface area contributed by atoms with Crippen LogP contribution in [0.4, 0.5) is 0 Å². The summed E-state index contributed by atoms with van der Waals surface area (Å²) >= 11 is 0. The van der Waals surface area contributed by atoms with E-state index in [1.165, 1.54) is 0 Å². The zero-order valence-corrected chi connectivity index (χ0v) is 8.32. The van der Waals surface area contributed by atoms with E-state index in [2.05, 4.69) is 5.32 Å². The minimum Gasteiger partial charge on any atom is -0.360 e. The summed E-state index contributed by atoms with van der Waals surface area (Å²) in [6, 6.07) is 2.01. The SMILES string of the molecule is CNCCC(=O)N1CCOC(C#N)C1. The maximum absolute atomic E-state index is 11.5. The van der Waals surface area contributed by atoms with Gasteiger partial charge in [0.15, 0.2) is 6.10 Å². The molecule has 0 aromatic rings. The van der Waals surface area contributed by atoms with E-state index in [1.807, 2.05) is 13.1 Å². The lowest BCUT2D eigenvalue weighted by molar-refractivity contribution is -0.136. The molecule has 1 fully saturated rings. The summed E-state index contributed by atoms with van der Waals surface area (Å²) in [5.41, 5.74) is 0. The lowest BCUT2D eigenvalue weighted by Crippen LogP contribution is -2.45. The molecule has 1 rings (SSSR count). The topological polar surface area (TPSA) is 65.4 Å². The van der Waals surface area contributed by atoms with Crippen molar-refractivity contribution in [1.29, 1.82) is 5.26 Å². The van der Waals surface area contributed by atoms with Crippen LogP contribution in [0.25, 0.3) is 0 Å². The highest BCUT2D eigenvalue weighted by Crippen LogP contribution is 2.05. The standard InChI is InChI=1S/C9H15N3O2/c1-11-3-2-9(13)12-4-5-14-8(6-10)7-12/h8,11H,2-5,7H2,1H3. The van der Waals surface area contributed by atoms with Crippen molar-refractivity contribution in [3.63, 3.8) is 0 Å². The highest BCUT2D eigenvalue weighted by atomic mass is 16.5. The van der Waals surface area contributed by atoms with Gasteiger partial charge in [0.05, 0.1) is 19.2 Å². The molecule has 1 saturated heterocycles. The molecule has 0 aromatic heterocycles. The number of amides is 1. The van der Waals surface area contributed by atoms with Gasteiger partial charge in [-0.1, -0.05) is 0 Å². The Labute approximate surface area is 83.6 Å². The van der Waals surface area contributed by atoms with E-state index >= 15 is 0 Å². The first-order valence-corrected chi connectivity index (χ1v) is 4.71. The molecule has 78 valence electrons. The predicted octanol–water partition coefficient (Wildman–Crippen LogP) is -0.653. The highest BCUT2D eigenvalue weighted by molar-refractivity contribution is 5.76. The van der Waals surface area contributed by atoms with Crippen LogP contribution in [0, 0.1) is 11.3 Å². The van der Waals surface area contributed by atoms with E-state index in [0.717, 1.165) is 0 Å². The zero-order valence-electron chi connectivity index (χ0n) is 8.32. The quantitative estimate of drug-likeness (QED) is 0.652. The Balaban J connectivity index is 2.36. The molecular formula is C9H15N3O2. The molecule has 0 radical (unpaired) electrons. The first-order chi connectivity index (χ1) is 6.77. The maximum Gasteiger partial charge on any atom is 0.224 e. The van der Waals surface area contributed by atoms with Crippen LogP contribution < -0.4 is 5.32 Å². The average Bonchev–Trinajstić information content (AvgIpc) is 2.26. The summed E-state index contributed by atoms with van der Waals surface area (Å²) < 4.78 is 5.14. The van der Waals surface area contributed by atoms with Crippen LogP contribution in [0.1, 0.15) is 6.42 Å². The van der Waals surface area contributed by atoms with Crippen LogP contribution in [-0.4, -0.2) is 50.2 Å². The second-order valence-electron chi connectivity index (χ2n) is 3.18. The molecule has 1 N–H and O–H groups in total. The molecule has 0 bridgehead atoms. The lowest BCUT2D eigenvalue weighted by atomic mass is 10.2. The number of nitrogens with zero attached hydrogens (tertiary/aromatic N) is 2. The normalized spacial score (nSPS) is 21.7. The summed E-state index contributed by atoms with van der Waals surface area (Å²) in [6.07, 6.45) is 0.0246. The molecule has 0 spiro atoms. The third-order valence-electron chi connectivity index (χ3n) is 2.15. The van der Waals surface area contributed by atoms with Gasteiger partial charge in [0.25, 0.3) is 0 Å². The van der Waals surface area contributed by atoms with E-state index in [9.17, 15) is 4.79 Å². The maximum atomic E-state index is 11.5. The molecule has 1 amide bonds. The number of morpholine rings is 1. The van der Waals surface area contributed by atoms with Gasteiger partial charge in [0.1, 0.15) is 0 Å². The Morgan fingerprint density at radius 2 is 2.57 bits per heavy atom. The van der Waals surface area contributed by atoms with E-state index in [4.69, 9.17) is 10.00 Å². The van der Waals surface area contributed by atoms with Gasteiger partial charge in [-0.3, -0.25) is 4.79 Å². The number of nitrogens with one attached hydrogen (secondary N) is 1. The van der Waals surface area contributed by atoms with Crippen molar-refractivity contribution in [2.75, 3.05) is 33.3 Å². The van der Waals surface area contributed by atoms with Crippen molar-refractivity contribution in [3.8, 4) is 6.07 Å². The van der Waals surface area contributed by atoms with Crippen LogP contribution >= 0.6 is 0 Å². The fourth-order valence-corrected chi connectivity index (χ4v) is 1.34. The van der Waals surface area contributed by atoms with Gasteiger partial charge in [0.2, 0.25) is 5.91 Å². The number of carbonyl (C=O) groups is 1. The first-order valence-electron chi connectivity index (χ1n) is 4.71. The molecule has 1 atom stereocenters. The van der Waals surface area contributed by atoms with E-state index in [0.29, 0.717) is 32.7 Å². The van der Waals surface area contributed by atoms with Crippen LogP contribution in [0.2, 0.25) is 0 Å². The average molecular weight is 197 g/mol. The van der Waals surface area contributed by atoms with Crippen molar-refractivity contribution in [1.82, 2.24) is 10.2 Å². The molecular weight excluding hydrogens is 182 g/mol. The Morgan fingerprint density at radius 1 is 1.79 bits per heavy atom. The number of nitriles is 1. The number of hydrogen-bond donors (Lipinski definition) is 1. The molecule has 14 heavy (non-hydrogen) atoms. The van der Waals surface area contributed by atoms with Gasteiger partial charge in [-0.2, -0.15) is 5.26 Å². The molecule has 0 aliphatic carbocycles. The largest absolute Gasteiger partial charge is 0.360 e. The van der Waals surface area contributed by atoms with E-state index < -0.39 is 6.10 Å². The second-order valence-corrected chi connectivity index (χ2v) is 3.18. The lowest BCUT2D eigenvalue weighted by Gasteiger charge is -2.29. The first kappa shape index (κ1) is 11.0. The fraction of sp³-hybridized carbons (Fsp3) is 0.778. The predicted molar refractivity (Wildman–Crippen MR) is 50.5 cm³/mol. The fourth-order valence-electron chi connectivity index (χ4n) is 1.34. The minimum atomic E-state index is -0.456. The summed E-state index contributed by atoms with van der Waals surface area (Å²) in [6.45, 7) is 2.14. The molecule has 0 saturated carbocycles. The van der Waals surface area contributed by atoms with E-state index in [-0.39, 0.29) is 5.91 Å². The van der Waals surface area contributed by atoms with Crippen molar-refractivity contribution in [2.24, 2.45) is 0 Å². The summed E-state index contributed by atoms with van der Waals surface area (Å²) in [4.78, 5) is 13.2. The highest BCUT2D eigenvalue weighted by Gasteiger charge is 2.23. The van der Waals surface area contributed by atoms with Crippen molar-refractivity contribution >= 4 is 5.91 Å². The minimum absolute atomic E-state index is 0.0860. The van der Waals surface area contributed by atoms with Crippen LogP contribution in [0.15, 0.2) is 0 Å². The smallest absolute Gasteiger partial charge is 0.224 e.